The molecular weight excluding hydrogens is 310 g/mol. The van der Waals surface area contributed by atoms with Gasteiger partial charge >= 0.3 is 11.8 Å². The SMILES string of the molecule is CCCCOc1ccc(C=NNC(=O)C(=O)NCCCOC)cc1. The summed E-state index contributed by atoms with van der Waals surface area (Å²) in [6, 6.07) is 7.31. The average molecular weight is 335 g/mol. The molecule has 0 aliphatic heterocycles. The van der Waals surface area contributed by atoms with Crippen molar-refractivity contribution in [3.05, 3.63) is 29.8 Å². The maximum Gasteiger partial charge on any atom is 0.329 e. The molecule has 1 aromatic carbocycles. The van der Waals surface area contributed by atoms with Crippen molar-refractivity contribution < 1.29 is 19.1 Å². The summed E-state index contributed by atoms with van der Waals surface area (Å²) < 4.78 is 10.4. The van der Waals surface area contributed by atoms with Crippen LogP contribution in [0.1, 0.15) is 31.7 Å². The molecule has 0 bridgehead atoms. The van der Waals surface area contributed by atoms with Gasteiger partial charge in [-0.1, -0.05) is 13.3 Å². The van der Waals surface area contributed by atoms with Gasteiger partial charge < -0.3 is 14.8 Å². The summed E-state index contributed by atoms with van der Waals surface area (Å²) in [6.45, 7) is 3.71. The van der Waals surface area contributed by atoms with E-state index in [9.17, 15) is 9.59 Å². The van der Waals surface area contributed by atoms with Crippen molar-refractivity contribution in [3.63, 3.8) is 0 Å². The number of nitrogens with one attached hydrogen (secondary N) is 2. The zero-order chi connectivity index (χ0) is 17.6. The molecule has 0 saturated heterocycles. The van der Waals surface area contributed by atoms with E-state index in [1.54, 1.807) is 7.11 Å². The lowest BCUT2D eigenvalue weighted by Crippen LogP contribution is -2.38. The lowest BCUT2D eigenvalue weighted by Gasteiger charge is -2.05. The van der Waals surface area contributed by atoms with Gasteiger partial charge in [0, 0.05) is 20.3 Å². The summed E-state index contributed by atoms with van der Waals surface area (Å²) in [5.74, 6) is -0.730. The quantitative estimate of drug-likeness (QED) is 0.293. The Morgan fingerprint density at radius 3 is 2.54 bits per heavy atom. The minimum Gasteiger partial charge on any atom is -0.494 e. The second-order valence-corrected chi connectivity index (χ2v) is 5.07. The van der Waals surface area contributed by atoms with Crippen molar-refractivity contribution >= 4 is 18.0 Å². The molecule has 24 heavy (non-hydrogen) atoms. The molecule has 2 amide bonds. The maximum atomic E-state index is 11.5. The van der Waals surface area contributed by atoms with Crippen LogP contribution in [0.15, 0.2) is 29.4 Å². The van der Waals surface area contributed by atoms with Gasteiger partial charge in [-0.3, -0.25) is 9.59 Å². The Morgan fingerprint density at radius 2 is 1.88 bits per heavy atom. The van der Waals surface area contributed by atoms with Gasteiger partial charge in [-0.15, -0.1) is 0 Å². The number of benzene rings is 1. The highest BCUT2D eigenvalue weighted by molar-refractivity contribution is 6.35. The van der Waals surface area contributed by atoms with Crippen molar-refractivity contribution in [1.82, 2.24) is 10.7 Å². The van der Waals surface area contributed by atoms with Crippen LogP contribution in [0.2, 0.25) is 0 Å². The maximum absolute atomic E-state index is 11.5. The van der Waals surface area contributed by atoms with Crippen LogP contribution in [0.25, 0.3) is 0 Å². The predicted molar refractivity (Wildman–Crippen MR) is 92.1 cm³/mol. The van der Waals surface area contributed by atoms with Crippen LogP contribution in [0, 0.1) is 0 Å². The summed E-state index contributed by atoms with van der Waals surface area (Å²) in [4.78, 5) is 23.0. The Bertz CT molecular complexity index is 529. The second-order valence-electron chi connectivity index (χ2n) is 5.07. The van der Waals surface area contributed by atoms with Crippen molar-refractivity contribution in [2.24, 2.45) is 5.10 Å². The van der Waals surface area contributed by atoms with Crippen LogP contribution < -0.4 is 15.5 Å². The van der Waals surface area contributed by atoms with E-state index in [4.69, 9.17) is 9.47 Å². The van der Waals surface area contributed by atoms with Crippen LogP contribution in [0.5, 0.6) is 5.75 Å². The molecule has 0 aliphatic rings. The Morgan fingerprint density at radius 1 is 1.12 bits per heavy atom. The minimum atomic E-state index is -0.803. The van der Waals surface area contributed by atoms with Gasteiger partial charge in [0.25, 0.3) is 0 Å². The molecule has 7 nitrogen and oxygen atoms in total. The monoisotopic (exact) mass is 335 g/mol. The number of rotatable bonds is 10. The lowest BCUT2D eigenvalue weighted by atomic mass is 10.2. The third-order valence-corrected chi connectivity index (χ3v) is 3.04. The molecule has 0 saturated carbocycles. The van der Waals surface area contributed by atoms with Crippen molar-refractivity contribution in [3.8, 4) is 5.75 Å². The molecular formula is C17H25N3O4. The fraction of sp³-hybridized carbons (Fsp3) is 0.471. The van der Waals surface area contributed by atoms with E-state index < -0.39 is 11.8 Å². The molecule has 1 aromatic rings. The third kappa shape index (κ3) is 8.28. The van der Waals surface area contributed by atoms with E-state index in [0.717, 1.165) is 24.2 Å². The number of amides is 2. The fourth-order valence-corrected chi connectivity index (χ4v) is 1.70. The first-order valence-electron chi connectivity index (χ1n) is 8.00. The molecule has 0 unspecified atom stereocenters. The number of nitrogens with zero attached hydrogens (tertiary/aromatic N) is 1. The summed E-state index contributed by atoms with van der Waals surface area (Å²) in [7, 11) is 1.58. The number of ether oxygens (including phenoxy) is 2. The molecule has 0 heterocycles. The zero-order valence-corrected chi connectivity index (χ0v) is 14.2. The number of carbonyl (C=O) groups excluding carboxylic acids is 2. The standard InChI is InChI=1S/C17H25N3O4/c1-3-4-12-24-15-8-6-14(7-9-15)13-19-20-17(22)16(21)18-10-5-11-23-2/h6-9,13H,3-5,10-12H2,1-2H3,(H,18,21)(H,20,22). The number of hydrazone groups is 1. The first-order valence-corrected chi connectivity index (χ1v) is 8.00. The molecule has 0 aromatic heterocycles. The minimum absolute atomic E-state index is 0.378. The van der Waals surface area contributed by atoms with Crippen LogP contribution >= 0.6 is 0 Å². The number of unbranched alkanes of at least 4 members (excludes halogenated alkanes) is 1. The number of hydrogen-bond acceptors (Lipinski definition) is 5. The van der Waals surface area contributed by atoms with Crippen molar-refractivity contribution in [1.29, 1.82) is 0 Å². The summed E-state index contributed by atoms with van der Waals surface area (Å²) in [6.07, 6.45) is 4.21. The molecule has 0 fully saturated rings. The molecule has 2 N–H and O–H groups in total. The van der Waals surface area contributed by atoms with E-state index in [0.29, 0.717) is 26.2 Å². The highest BCUT2D eigenvalue weighted by atomic mass is 16.5. The summed E-state index contributed by atoms with van der Waals surface area (Å²) >= 11 is 0. The average Bonchev–Trinajstić information content (AvgIpc) is 2.60. The van der Waals surface area contributed by atoms with Crippen LogP contribution in [-0.2, 0) is 14.3 Å². The molecule has 0 atom stereocenters. The van der Waals surface area contributed by atoms with Crippen LogP contribution in [-0.4, -0.2) is 44.9 Å². The molecule has 1 rings (SSSR count). The Hall–Kier alpha value is -2.41. The Labute approximate surface area is 142 Å². The normalized spacial score (nSPS) is 10.6. The van der Waals surface area contributed by atoms with Gasteiger partial charge in [-0.25, -0.2) is 5.43 Å². The number of carbonyl (C=O) groups is 2. The van der Waals surface area contributed by atoms with Gasteiger partial charge in [0.1, 0.15) is 5.75 Å². The second kappa shape index (κ2) is 12.1. The van der Waals surface area contributed by atoms with Gasteiger partial charge in [-0.2, -0.15) is 5.10 Å². The summed E-state index contributed by atoms with van der Waals surface area (Å²) in [5.41, 5.74) is 2.97. The van der Waals surface area contributed by atoms with E-state index in [1.807, 2.05) is 24.3 Å². The number of methoxy groups -OCH3 is 1. The smallest absolute Gasteiger partial charge is 0.329 e. The predicted octanol–water partition coefficient (Wildman–Crippen LogP) is 1.47. The van der Waals surface area contributed by atoms with Crippen LogP contribution in [0.4, 0.5) is 0 Å². The largest absolute Gasteiger partial charge is 0.494 e. The number of hydrogen-bond donors (Lipinski definition) is 2. The van der Waals surface area contributed by atoms with Crippen LogP contribution in [0.3, 0.4) is 0 Å². The highest BCUT2D eigenvalue weighted by Crippen LogP contribution is 2.11. The Kier molecular flexibility index (Phi) is 9.87. The molecule has 0 radical (unpaired) electrons. The van der Waals surface area contributed by atoms with E-state index >= 15 is 0 Å². The zero-order valence-electron chi connectivity index (χ0n) is 14.2. The van der Waals surface area contributed by atoms with Crippen molar-refractivity contribution in [2.75, 3.05) is 26.9 Å². The van der Waals surface area contributed by atoms with Gasteiger partial charge in [0.05, 0.1) is 12.8 Å². The topological polar surface area (TPSA) is 89.0 Å². The van der Waals surface area contributed by atoms with E-state index in [1.165, 1.54) is 6.21 Å². The molecule has 0 spiro atoms. The van der Waals surface area contributed by atoms with Gasteiger partial charge in [0.2, 0.25) is 0 Å². The fourth-order valence-electron chi connectivity index (χ4n) is 1.70. The highest BCUT2D eigenvalue weighted by Gasteiger charge is 2.11. The van der Waals surface area contributed by atoms with Gasteiger partial charge in [-0.05, 0) is 42.7 Å². The molecule has 0 aliphatic carbocycles. The Balaban J connectivity index is 2.32. The third-order valence-electron chi connectivity index (χ3n) is 3.04. The molecule has 7 heteroatoms. The lowest BCUT2D eigenvalue weighted by molar-refractivity contribution is -0.139. The van der Waals surface area contributed by atoms with E-state index in [-0.39, 0.29) is 0 Å². The molecule has 132 valence electrons. The summed E-state index contributed by atoms with van der Waals surface area (Å²) in [5, 5.41) is 6.24. The van der Waals surface area contributed by atoms with Gasteiger partial charge in [0.15, 0.2) is 0 Å². The first kappa shape index (κ1) is 19.6. The van der Waals surface area contributed by atoms with E-state index in [2.05, 4.69) is 22.8 Å². The van der Waals surface area contributed by atoms with Crippen molar-refractivity contribution in [2.45, 2.75) is 26.2 Å². The first-order chi connectivity index (χ1) is 11.7.